The van der Waals surface area contributed by atoms with Crippen LogP contribution in [0.2, 0.25) is 0 Å². The molecule has 2 heterocycles. The second kappa shape index (κ2) is 8.57. The number of aliphatic hydroxyl groups excluding tert-OH is 1. The molecule has 0 spiro atoms. The summed E-state index contributed by atoms with van der Waals surface area (Å²) in [6.07, 6.45) is 1.56. The number of rotatable bonds is 4. The molecule has 9 heteroatoms. The number of piperidine rings is 1. The fourth-order valence-electron chi connectivity index (χ4n) is 4.52. The van der Waals surface area contributed by atoms with Crippen molar-refractivity contribution in [2.45, 2.75) is 43.7 Å². The summed E-state index contributed by atoms with van der Waals surface area (Å²) in [5.74, 6) is 0.265. The number of nitrogens with zero attached hydrogens (tertiary/aromatic N) is 3. The molecule has 0 unspecified atom stereocenters. The molecule has 2 atom stereocenters. The Bertz CT molecular complexity index is 1090. The Labute approximate surface area is 182 Å². The second-order valence-corrected chi connectivity index (χ2v) is 10.4. The third-order valence-electron chi connectivity index (χ3n) is 6.19. The van der Waals surface area contributed by atoms with E-state index in [1.54, 1.807) is 0 Å². The van der Waals surface area contributed by atoms with E-state index in [9.17, 15) is 23.6 Å². The van der Waals surface area contributed by atoms with Gasteiger partial charge >= 0.3 is 0 Å². The van der Waals surface area contributed by atoms with Gasteiger partial charge in [-0.15, -0.1) is 0 Å². The highest BCUT2D eigenvalue weighted by Crippen LogP contribution is 2.36. The Hall–Kier alpha value is -2.49. The number of hydrogen-bond acceptors (Lipinski definition) is 6. The molecule has 1 saturated heterocycles. The Morgan fingerprint density at radius 2 is 1.90 bits per heavy atom. The lowest BCUT2D eigenvalue weighted by atomic mass is 10.0. The predicted octanol–water partition coefficient (Wildman–Crippen LogP) is 3.46. The minimum Gasteiger partial charge on any atom is -0.388 e. The molecule has 2 aliphatic heterocycles. The van der Waals surface area contributed by atoms with Gasteiger partial charge < -0.3 is 10.0 Å². The van der Waals surface area contributed by atoms with Crippen LogP contribution in [0.15, 0.2) is 47.4 Å². The first-order valence-corrected chi connectivity index (χ1v) is 12.0. The third kappa shape index (κ3) is 4.30. The zero-order chi connectivity index (χ0) is 22.2. The SMILES string of the molecule is C[C@H]1CCCN(S(=O)(=O)c2ccc(N3CC[C@H](O)c4ccccc4C3)c([N+](=O)[O-])c2)C1. The van der Waals surface area contributed by atoms with E-state index in [1.807, 2.05) is 36.1 Å². The fourth-order valence-corrected chi connectivity index (χ4v) is 6.14. The standard InChI is InChI=1S/C22H27N3O5S/c1-16-5-4-11-24(14-16)31(29,30)18-8-9-20(21(13-18)25(27)28)23-12-10-22(26)19-7-3-2-6-17(19)15-23/h2-3,6-9,13,16,22,26H,4-5,10-12,14-15H2,1H3/t16-,22-/m0/s1. The van der Waals surface area contributed by atoms with Crippen LogP contribution in [0.4, 0.5) is 11.4 Å². The normalized spacial score (nSPS) is 22.6. The maximum Gasteiger partial charge on any atom is 0.293 e. The van der Waals surface area contributed by atoms with E-state index in [1.165, 1.54) is 22.5 Å². The molecule has 0 saturated carbocycles. The molecule has 1 N–H and O–H groups in total. The summed E-state index contributed by atoms with van der Waals surface area (Å²) in [6.45, 7) is 3.71. The van der Waals surface area contributed by atoms with Crippen molar-refractivity contribution in [1.82, 2.24) is 4.31 Å². The van der Waals surface area contributed by atoms with Crippen LogP contribution in [-0.2, 0) is 16.6 Å². The Morgan fingerprint density at radius 3 is 2.65 bits per heavy atom. The van der Waals surface area contributed by atoms with Crippen molar-refractivity contribution in [2.75, 3.05) is 24.5 Å². The molecule has 166 valence electrons. The number of benzene rings is 2. The smallest absolute Gasteiger partial charge is 0.293 e. The zero-order valence-corrected chi connectivity index (χ0v) is 18.3. The van der Waals surface area contributed by atoms with Crippen LogP contribution in [0.1, 0.15) is 43.4 Å². The van der Waals surface area contributed by atoms with Crippen molar-refractivity contribution >= 4 is 21.4 Å². The molecule has 0 bridgehead atoms. The summed E-state index contributed by atoms with van der Waals surface area (Å²) in [5, 5.41) is 22.3. The fraction of sp³-hybridized carbons (Fsp3) is 0.455. The second-order valence-electron chi connectivity index (χ2n) is 8.44. The maximum absolute atomic E-state index is 13.1. The Kier molecular flexibility index (Phi) is 6.00. The summed E-state index contributed by atoms with van der Waals surface area (Å²) in [4.78, 5) is 13.2. The molecule has 4 rings (SSSR count). The van der Waals surface area contributed by atoms with Gasteiger partial charge in [0.15, 0.2) is 0 Å². The number of nitro groups is 1. The van der Waals surface area contributed by atoms with Crippen LogP contribution < -0.4 is 4.90 Å². The lowest BCUT2D eigenvalue weighted by Crippen LogP contribution is -2.39. The van der Waals surface area contributed by atoms with Gasteiger partial charge in [-0.3, -0.25) is 10.1 Å². The molecular weight excluding hydrogens is 418 g/mol. The number of nitro benzene ring substituents is 1. The first-order valence-electron chi connectivity index (χ1n) is 10.6. The van der Waals surface area contributed by atoms with Crippen LogP contribution in [0.3, 0.4) is 0 Å². The summed E-state index contributed by atoms with van der Waals surface area (Å²) in [5.41, 5.74) is 1.85. The molecule has 0 aliphatic carbocycles. The lowest BCUT2D eigenvalue weighted by Gasteiger charge is -2.30. The molecule has 8 nitrogen and oxygen atoms in total. The monoisotopic (exact) mass is 445 g/mol. The molecule has 2 aliphatic rings. The molecule has 2 aromatic rings. The van der Waals surface area contributed by atoms with E-state index >= 15 is 0 Å². The quantitative estimate of drug-likeness (QED) is 0.571. The van der Waals surface area contributed by atoms with E-state index in [2.05, 4.69) is 0 Å². The lowest BCUT2D eigenvalue weighted by molar-refractivity contribution is -0.384. The third-order valence-corrected chi connectivity index (χ3v) is 8.05. The average Bonchev–Trinajstić information content (AvgIpc) is 2.92. The minimum atomic E-state index is -3.79. The number of anilines is 1. The molecule has 0 aromatic heterocycles. The number of aliphatic hydroxyl groups is 1. The highest BCUT2D eigenvalue weighted by Gasteiger charge is 2.32. The zero-order valence-electron chi connectivity index (χ0n) is 17.5. The Balaban J connectivity index is 1.69. The molecule has 1 fully saturated rings. The average molecular weight is 446 g/mol. The largest absolute Gasteiger partial charge is 0.388 e. The van der Waals surface area contributed by atoms with E-state index < -0.39 is 21.1 Å². The number of hydrogen-bond donors (Lipinski definition) is 1. The van der Waals surface area contributed by atoms with Crippen molar-refractivity contribution in [2.24, 2.45) is 5.92 Å². The molecule has 31 heavy (non-hydrogen) atoms. The summed E-state index contributed by atoms with van der Waals surface area (Å²) < 4.78 is 27.7. The first-order chi connectivity index (χ1) is 14.8. The van der Waals surface area contributed by atoms with Gasteiger partial charge in [0.2, 0.25) is 10.0 Å². The van der Waals surface area contributed by atoms with Gasteiger partial charge in [0.05, 0.1) is 15.9 Å². The topological polar surface area (TPSA) is 104 Å². The van der Waals surface area contributed by atoms with Crippen molar-refractivity contribution in [3.05, 3.63) is 63.7 Å². The summed E-state index contributed by atoms with van der Waals surface area (Å²) in [6, 6.07) is 11.7. The van der Waals surface area contributed by atoms with E-state index in [4.69, 9.17) is 0 Å². The van der Waals surface area contributed by atoms with Crippen LogP contribution >= 0.6 is 0 Å². The van der Waals surface area contributed by atoms with Crippen molar-refractivity contribution in [3.63, 3.8) is 0 Å². The van der Waals surface area contributed by atoms with Gasteiger partial charge in [0.1, 0.15) is 5.69 Å². The predicted molar refractivity (Wildman–Crippen MR) is 117 cm³/mol. The molecular formula is C22H27N3O5S. The van der Waals surface area contributed by atoms with Crippen LogP contribution in [0, 0.1) is 16.0 Å². The van der Waals surface area contributed by atoms with E-state index in [0.29, 0.717) is 38.3 Å². The maximum atomic E-state index is 13.1. The summed E-state index contributed by atoms with van der Waals surface area (Å²) in [7, 11) is -3.79. The van der Waals surface area contributed by atoms with Gasteiger partial charge in [-0.1, -0.05) is 31.2 Å². The Morgan fingerprint density at radius 1 is 1.13 bits per heavy atom. The van der Waals surface area contributed by atoms with Crippen molar-refractivity contribution < 1.29 is 18.4 Å². The minimum absolute atomic E-state index is 0.0488. The summed E-state index contributed by atoms with van der Waals surface area (Å²) >= 11 is 0. The van der Waals surface area contributed by atoms with Crippen molar-refractivity contribution in [3.8, 4) is 0 Å². The highest BCUT2D eigenvalue weighted by atomic mass is 32.2. The molecule has 0 amide bonds. The van der Waals surface area contributed by atoms with Gasteiger partial charge in [0.25, 0.3) is 5.69 Å². The molecule has 0 radical (unpaired) electrons. The van der Waals surface area contributed by atoms with Gasteiger partial charge in [-0.05, 0) is 48.4 Å². The first kappa shape index (κ1) is 21.7. The molecule has 2 aromatic carbocycles. The number of sulfonamides is 1. The highest BCUT2D eigenvalue weighted by molar-refractivity contribution is 7.89. The van der Waals surface area contributed by atoms with E-state index in [-0.39, 0.29) is 16.5 Å². The van der Waals surface area contributed by atoms with Crippen LogP contribution in [0.5, 0.6) is 0 Å². The van der Waals surface area contributed by atoms with Crippen LogP contribution in [0.25, 0.3) is 0 Å². The van der Waals surface area contributed by atoms with Crippen LogP contribution in [-0.4, -0.2) is 42.4 Å². The van der Waals surface area contributed by atoms with Gasteiger partial charge in [-0.2, -0.15) is 4.31 Å². The van der Waals surface area contributed by atoms with Crippen molar-refractivity contribution in [1.29, 1.82) is 0 Å². The van der Waals surface area contributed by atoms with Gasteiger partial charge in [0, 0.05) is 32.2 Å². The van der Waals surface area contributed by atoms with E-state index in [0.717, 1.165) is 24.0 Å². The number of fused-ring (bicyclic) bond motifs is 1. The van der Waals surface area contributed by atoms with Gasteiger partial charge in [-0.25, -0.2) is 8.42 Å².